The van der Waals surface area contributed by atoms with Crippen LogP contribution in [0.1, 0.15) is 11.1 Å². The molecule has 0 aliphatic carbocycles. The molecule has 0 saturated heterocycles. The van der Waals surface area contributed by atoms with Gasteiger partial charge in [-0.2, -0.15) is 0 Å². The lowest BCUT2D eigenvalue weighted by Crippen LogP contribution is -1.87. The zero-order valence-corrected chi connectivity index (χ0v) is 8.16. The first-order valence-corrected chi connectivity index (χ1v) is 4.23. The number of benzene rings is 1. The maximum Gasteiger partial charge on any atom is 0.130 e. The molecule has 0 saturated carbocycles. The monoisotopic (exact) mass is 193 g/mol. The van der Waals surface area contributed by atoms with Gasteiger partial charge in [-0.15, -0.1) is 0 Å². The van der Waals surface area contributed by atoms with Crippen LogP contribution in [-0.4, -0.2) is 18.4 Å². The van der Waals surface area contributed by atoms with Gasteiger partial charge in [0.1, 0.15) is 11.6 Å². The summed E-state index contributed by atoms with van der Waals surface area (Å²) >= 11 is 0. The molecule has 0 aliphatic rings. The number of hydrogen-bond donors (Lipinski definition) is 1. The molecular weight excluding hydrogens is 181 g/mol. The maximum atomic E-state index is 13.3. The molecular formula is C11H12FNO. The molecule has 0 spiro atoms. The van der Waals surface area contributed by atoms with Crippen molar-refractivity contribution in [1.29, 1.82) is 0 Å². The molecule has 0 amide bonds. The van der Waals surface area contributed by atoms with E-state index in [1.165, 1.54) is 12.1 Å². The van der Waals surface area contributed by atoms with E-state index in [-0.39, 0.29) is 11.6 Å². The van der Waals surface area contributed by atoms with E-state index in [2.05, 4.69) is 4.99 Å². The van der Waals surface area contributed by atoms with Crippen LogP contribution in [0.4, 0.5) is 4.39 Å². The number of allylic oxidation sites excluding steroid dienone is 1. The first kappa shape index (κ1) is 10.4. The normalized spacial score (nSPS) is 11.6. The highest BCUT2D eigenvalue weighted by atomic mass is 19.1. The molecule has 3 heteroatoms. The second-order valence-electron chi connectivity index (χ2n) is 2.87. The second-order valence-corrected chi connectivity index (χ2v) is 2.87. The minimum atomic E-state index is -0.346. The van der Waals surface area contributed by atoms with E-state index in [4.69, 9.17) is 0 Å². The summed E-state index contributed by atoms with van der Waals surface area (Å²) in [6, 6.07) is 2.58. The highest BCUT2D eigenvalue weighted by molar-refractivity contribution is 5.79. The van der Waals surface area contributed by atoms with Gasteiger partial charge in [0.15, 0.2) is 0 Å². The smallest absolute Gasteiger partial charge is 0.130 e. The predicted octanol–water partition coefficient (Wildman–Crippen LogP) is 2.55. The van der Waals surface area contributed by atoms with Crippen LogP contribution >= 0.6 is 0 Å². The molecule has 1 rings (SSSR count). The van der Waals surface area contributed by atoms with Crippen LogP contribution in [0.15, 0.2) is 23.2 Å². The molecule has 1 aromatic carbocycles. The Bertz CT molecular complexity index is 383. The maximum absolute atomic E-state index is 13.3. The molecule has 1 aromatic rings. The van der Waals surface area contributed by atoms with Crippen molar-refractivity contribution in [3.8, 4) is 5.75 Å². The zero-order valence-electron chi connectivity index (χ0n) is 8.16. The van der Waals surface area contributed by atoms with E-state index in [1.807, 2.05) is 0 Å². The summed E-state index contributed by atoms with van der Waals surface area (Å²) in [6.07, 6.45) is 4.77. The van der Waals surface area contributed by atoms with Crippen molar-refractivity contribution in [3.63, 3.8) is 0 Å². The summed E-state index contributed by atoms with van der Waals surface area (Å²) < 4.78 is 13.3. The standard InChI is InChI=1S/C11H12FNO/c1-8-9(4-3-7-13-2)10(12)5-6-11(8)14/h3-7,14H,1-2H3/b4-3-,13-7?. The molecule has 0 atom stereocenters. The Hall–Kier alpha value is -1.64. The fraction of sp³-hybridized carbons (Fsp3) is 0.182. The summed E-state index contributed by atoms with van der Waals surface area (Å²) in [5.74, 6) is -0.249. The van der Waals surface area contributed by atoms with E-state index in [1.54, 1.807) is 32.3 Å². The van der Waals surface area contributed by atoms with Crippen molar-refractivity contribution in [1.82, 2.24) is 0 Å². The second kappa shape index (κ2) is 4.56. The van der Waals surface area contributed by atoms with Crippen molar-refractivity contribution < 1.29 is 9.50 Å². The van der Waals surface area contributed by atoms with E-state index >= 15 is 0 Å². The lowest BCUT2D eigenvalue weighted by molar-refractivity contribution is 0.468. The number of aromatic hydroxyl groups is 1. The van der Waals surface area contributed by atoms with Gasteiger partial charge in [-0.3, -0.25) is 4.99 Å². The van der Waals surface area contributed by atoms with Crippen LogP contribution in [0.5, 0.6) is 5.75 Å². The average Bonchev–Trinajstić information content (AvgIpc) is 2.18. The van der Waals surface area contributed by atoms with E-state index in [0.717, 1.165) is 0 Å². The number of phenolic OH excluding ortho intramolecular Hbond substituents is 1. The highest BCUT2D eigenvalue weighted by Crippen LogP contribution is 2.23. The Balaban J connectivity index is 3.12. The Kier molecular flexibility index (Phi) is 3.40. The molecule has 0 heterocycles. The van der Waals surface area contributed by atoms with Gasteiger partial charge >= 0.3 is 0 Å². The van der Waals surface area contributed by atoms with Crippen molar-refractivity contribution in [3.05, 3.63) is 35.2 Å². The van der Waals surface area contributed by atoms with Gasteiger partial charge < -0.3 is 5.11 Å². The third-order valence-corrected chi connectivity index (χ3v) is 1.93. The summed E-state index contributed by atoms with van der Waals surface area (Å²) in [4.78, 5) is 3.74. The summed E-state index contributed by atoms with van der Waals surface area (Å²) in [7, 11) is 1.63. The van der Waals surface area contributed by atoms with Crippen molar-refractivity contribution in [2.75, 3.05) is 7.05 Å². The van der Waals surface area contributed by atoms with Crippen LogP contribution in [0.3, 0.4) is 0 Å². The van der Waals surface area contributed by atoms with Crippen LogP contribution in [-0.2, 0) is 0 Å². The van der Waals surface area contributed by atoms with Gasteiger partial charge in [-0.25, -0.2) is 4.39 Å². The minimum Gasteiger partial charge on any atom is -0.508 e. The van der Waals surface area contributed by atoms with Gasteiger partial charge in [0.25, 0.3) is 0 Å². The van der Waals surface area contributed by atoms with Crippen LogP contribution in [0, 0.1) is 12.7 Å². The lowest BCUT2D eigenvalue weighted by Gasteiger charge is -2.03. The molecule has 0 aromatic heterocycles. The van der Waals surface area contributed by atoms with Gasteiger partial charge in [-0.1, -0.05) is 6.08 Å². The van der Waals surface area contributed by atoms with Crippen LogP contribution < -0.4 is 0 Å². The molecule has 1 N–H and O–H groups in total. The molecule has 0 radical (unpaired) electrons. The van der Waals surface area contributed by atoms with Gasteiger partial charge in [0, 0.05) is 24.4 Å². The first-order chi connectivity index (χ1) is 6.66. The number of nitrogens with zero attached hydrogens (tertiary/aromatic N) is 1. The Morgan fingerprint density at radius 1 is 1.43 bits per heavy atom. The third kappa shape index (κ3) is 2.19. The number of halogens is 1. The molecule has 2 nitrogen and oxygen atoms in total. The Morgan fingerprint density at radius 3 is 2.79 bits per heavy atom. The predicted molar refractivity (Wildman–Crippen MR) is 56.3 cm³/mol. The SMILES string of the molecule is CN=C/C=C\c1c(F)ccc(O)c1C. The summed E-state index contributed by atoms with van der Waals surface area (Å²) in [6.45, 7) is 1.67. The van der Waals surface area contributed by atoms with Gasteiger partial charge in [-0.05, 0) is 25.1 Å². The van der Waals surface area contributed by atoms with Crippen molar-refractivity contribution in [2.24, 2.45) is 4.99 Å². The average molecular weight is 193 g/mol. The topological polar surface area (TPSA) is 32.6 Å². The molecule has 0 aliphatic heterocycles. The quantitative estimate of drug-likeness (QED) is 0.719. The van der Waals surface area contributed by atoms with E-state index in [9.17, 15) is 9.50 Å². The third-order valence-electron chi connectivity index (χ3n) is 1.93. The fourth-order valence-electron chi connectivity index (χ4n) is 1.11. The van der Waals surface area contributed by atoms with E-state index in [0.29, 0.717) is 11.1 Å². The van der Waals surface area contributed by atoms with Gasteiger partial charge in [0.05, 0.1) is 0 Å². The molecule has 74 valence electrons. The zero-order chi connectivity index (χ0) is 10.6. The fourth-order valence-corrected chi connectivity index (χ4v) is 1.11. The van der Waals surface area contributed by atoms with E-state index < -0.39 is 0 Å². The lowest BCUT2D eigenvalue weighted by atomic mass is 10.1. The molecule has 0 fully saturated rings. The molecule has 14 heavy (non-hydrogen) atoms. The highest BCUT2D eigenvalue weighted by Gasteiger charge is 2.05. The Labute approximate surface area is 82.4 Å². The van der Waals surface area contributed by atoms with Crippen molar-refractivity contribution in [2.45, 2.75) is 6.92 Å². The van der Waals surface area contributed by atoms with Crippen LogP contribution in [0.2, 0.25) is 0 Å². The van der Waals surface area contributed by atoms with Crippen molar-refractivity contribution >= 4 is 12.3 Å². The number of aliphatic imine (C=N–C) groups is 1. The Morgan fingerprint density at radius 2 is 2.14 bits per heavy atom. The minimum absolute atomic E-state index is 0.0967. The summed E-state index contributed by atoms with van der Waals surface area (Å²) in [5.41, 5.74) is 0.927. The van der Waals surface area contributed by atoms with Crippen LogP contribution in [0.25, 0.3) is 6.08 Å². The summed E-state index contributed by atoms with van der Waals surface area (Å²) in [5, 5.41) is 9.35. The largest absolute Gasteiger partial charge is 0.508 e. The number of phenols is 1. The number of rotatable bonds is 2. The van der Waals surface area contributed by atoms with Gasteiger partial charge in [0.2, 0.25) is 0 Å². The molecule has 0 bridgehead atoms. The first-order valence-electron chi connectivity index (χ1n) is 4.23. The number of hydrogen-bond acceptors (Lipinski definition) is 2. The molecule has 0 unspecified atom stereocenters.